The molecule has 0 radical (unpaired) electrons. The first-order chi connectivity index (χ1) is 10.1. The second-order valence-corrected chi connectivity index (χ2v) is 4.38. The summed E-state index contributed by atoms with van der Waals surface area (Å²) >= 11 is 0. The summed E-state index contributed by atoms with van der Waals surface area (Å²) in [5.41, 5.74) is 6.78. The van der Waals surface area contributed by atoms with Crippen LogP contribution in [-0.4, -0.2) is 44.2 Å². The first kappa shape index (κ1) is 16.8. The maximum Gasteiger partial charge on any atom is 0.254 e. The van der Waals surface area contributed by atoms with Crippen molar-refractivity contribution in [2.24, 2.45) is 0 Å². The van der Waals surface area contributed by atoms with Gasteiger partial charge in [0.1, 0.15) is 5.75 Å². The Morgan fingerprint density at radius 2 is 2.19 bits per heavy atom. The van der Waals surface area contributed by atoms with Crippen molar-refractivity contribution < 1.29 is 14.3 Å². The molecule has 1 aromatic carbocycles. The van der Waals surface area contributed by atoms with Crippen molar-refractivity contribution in [1.29, 1.82) is 5.26 Å². The Bertz CT molecular complexity index is 511. The summed E-state index contributed by atoms with van der Waals surface area (Å²) < 4.78 is 10.3. The molecule has 0 saturated heterocycles. The molecule has 0 atom stereocenters. The highest BCUT2D eigenvalue weighted by Crippen LogP contribution is 2.23. The zero-order valence-corrected chi connectivity index (χ0v) is 12.5. The van der Waals surface area contributed by atoms with Crippen molar-refractivity contribution in [2.75, 3.05) is 39.1 Å². The van der Waals surface area contributed by atoms with Crippen molar-refractivity contribution in [1.82, 2.24) is 4.90 Å². The van der Waals surface area contributed by atoms with Crippen LogP contribution in [0.5, 0.6) is 5.75 Å². The molecule has 1 rings (SSSR count). The van der Waals surface area contributed by atoms with Crippen LogP contribution in [0.3, 0.4) is 0 Å². The minimum atomic E-state index is -0.169. The molecule has 1 aromatic rings. The molecule has 6 nitrogen and oxygen atoms in total. The number of benzene rings is 1. The first-order valence-electron chi connectivity index (χ1n) is 6.81. The van der Waals surface area contributed by atoms with E-state index in [1.165, 1.54) is 0 Å². The molecule has 0 heterocycles. The van der Waals surface area contributed by atoms with Gasteiger partial charge in [-0.05, 0) is 25.1 Å². The Morgan fingerprint density at radius 1 is 1.43 bits per heavy atom. The molecule has 6 heteroatoms. The van der Waals surface area contributed by atoms with Crippen LogP contribution in [0.4, 0.5) is 5.69 Å². The van der Waals surface area contributed by atoms with E-state index in [4.69, 9.17) is 20.5 Å². The number of carbonyl (C=O) groups is 1. The molecule has 1 amide bonds. The van der Waals surface area contributed by atoms with Crippen molar-refractivity contribution >= 4 is 11.6 Å². The van der Waals surface area contributed by atoms with Gasteiger partial charge in [-0.3, -0.25) is 4.79 Å². The third kappa shape index (κ3) is 4.97. The zero-order valence-electron chi connectivity index (χ0n) is 12.5. The molecular formula is C15H21N3O3. The van der Waals surface area contributed by atoms with Gasteiger partial charge in [0.2, 0.25) is 0 Å². The summed E-state index contributed by atoms with van der Waals surface area (Å²) in [7, 11) is 1.57. The van der Waals surface area contributed by atoms with Gasteiger partial charge in [-0.15, -0.1) is 0 Å². The average molecular weight is 291 g/mol. The van der Waals surface area contributed by atoms with E-state index in [0.29, 0.717) is 43.3 Å². The van der Waals surface area contributed by atoms with E-state index in [1.54, 1.807) is 30.2 Å². The quantitative estimate of drug-likeness (QED) is 0.736. The van der Waals surface area contributed by atoms with E-state index < -0.39 is 0 Å². The second-order valence-electron chi connectivity index (χ2n) is 4.38. The smallest absolute Gasteiger partial charge is 0.254 e. The highest BCUT2D eigenvalue weighted by molar-refractivity contribution is 5.95. The molecule has 0 unspecified atom stereocenters. The summed E-state index contributed by atoms with van der Waals surface area (Å²) in [6.07, 6.45) is 0.280. The number of nitrogen functional groups attached to an aromatic ring is 1. The Balaban J connectivity index is 2.87. The molecule has 2 N–H and O–H groups in total. The van der Waals surface area contributed by atoms with Gasteiger partial charge in [0.05, 0.1) is 31.4 Å². The van der Waals surface area contributed by atoms with Gasteiger partial charge in [0.25, 0.3) is 5.91 Å². The third-order valence-corrected chi connectivity index (χ3v) is 2.90. The number of ether oxygens (including phenoxy) is 2. The molecule has 0 aliphatic carbocycles. The lowest BCUT2D eigenvalue weighted by Gasteiger charge is -2.21. The van der Waals surface area contributed by atoms with Crippen LogP contribution in [0.2, 0.25) is 0 Å². The molecule has 21 heavy (non-hydrogen) atoms. The van der Waals surface area contributed by atoms with Crippen molar-refractivity contribution in [3.63, 3.8) is 0 Å². The maximum atomic E-state index is 12.4. The van der Waals surface area contributed by atoms with Crippen LogP contribution in [-0.2, 0) is 4.74 Å². The molecule has 0 spiro atoms. The highest BCUT2D eigenvalue weighted by Gasteiger charge is 2.16. The molecule has 114 valence electrons. The van der Waals surface area contributed by atoms with E-state index >= 15 is 0 Å². The maximum absolute atomic E-state index is 12.4. The van der Waals surface area contributed by atoms with Gasteiger partial charge in [-0.1, -0.05) is 0 Å². The van der Waals surface area contributed by atoms with Gasteiger partial charge >= 0.3 is 0 Å². The number of nitrogens with two attached hydrogens (primary N) is 1. The topological polar surface area (TPSA) is 88.6 Å². The van der Waals surface area contributed by atoms with Crippen molar-refractivity contribution in [3.05, 3.63) is 23.8 Å². The number of methoxy groups -OCH3 is 1. The molecule has 0 aliphatic rings. The normalized spacial score (nSPS) is 9.95. The number of nitrogens with zero attached hydrogens (tertiary/aromatic N) is 2. The molecule has 0 aromatic heterocycles. The lowest BCUT2D eigenvalue weighted by Crippen LogP contribution is -2.34. The first-order valence-corrected chi connectivity index (χ1v) is 6.81. The van der Waals surface area contributed by atoms with Gasteiger partial charge in [-0.25, -0.2) is 0 Å². The summed E-state index contributed by atoms with van der Waals surface area (Å²) in [4.78, 5) is 14.0. The average Bonchev–Trinajstić information content (AvgIpc) is 2.49. The minimum Gasteiger partial charge on any atom is -0.492 e. The summed E-state index contributed by atoms with van der Waals surface area (Å²) in [6.45, 7) is 3.60. The zero-order chi connectivity index (χ0) is 15.7. The fourth-order valence-electron chi connectivity index (χ4n) is 1.85. The van der Waals surface area contributed by atoms with Crippen molar-refractivity contribution in [3.8, 4) is 11.8 Å². The van der Waals surface area contributed by atoms with Crippen LogP contribution >= 0.6 is 0 Å². The van der Waals surface area contributed by atoms with Crippen LogP contribution in [0.25, 0.3) is 0 Å². The standard InChI is InChI=1S/C15H21N3O3/c1-3-21-14-6-5-12(11-13(14)17)15(19)18(8-4-7-16)9-10-20-2/h5-6,11H,3-4,8-10,17H2,1-2H3. The number of carbonyl (C=O) groups excluding carboxylic acids is 1. The lowest BCUT2D eigenvalue weighted by atomic mass is 10.1. The summed E-state index contributed by atoms with van der Waals surface area (Å²) in [6, 6.07) is 7.00. The van der Waals surface area contributed by atoms with Crippen LogP contribution in [0, 0.1) is 11.3 Å². The minimum absolute atomic E-state index is 0.169. The predicted molar refractivity (Wildman–Crippen MR) is 80.0 cm³/mol. The highest BCUT2D eigenvalue weighted by atomic mass is 16.5. The van der Waals surface area contributed by atoms with Gasteiger partial charge in [0, 0.05) is 25.8 Å². The fourth-order valence-corrected chi connectivity index (χ4v) is 1.85. The van der Waals surface area contributed by atoms with Crippen LogP contribution in [0.1, 0.15) is 23.7 Å². The number of rotatable bonds is 8. The SMILES string of the molecule is CCOc1ccc(C(=O)N(CCC#N)CCOC)cc1N. The van der Waals surface area contributed by atoms with E-state index in [1.807, 2.05) is 13.0 Å². The number of amides is 1. The number of hydrogen-bond donors (Lipinski definition) is 1. The van der Waals surface area contributed by atoms with E-state index in [-0.39, 0.29) is 12.3 Å². The molecule has 0 fully saturated rings. The van der Waals surface area contributed by atoms with Crippen molar-refractivity contribution in [2.45, 2.75) is 13.3 Å². The second kappa shape index (κ2) is 8.82. The Hall–Kier alpha value is -2.26. The fraction of sp³-hybridized carbons (Fsp3) is 0.467. The number of hydrogen-bond acceptors (Lipinski definition) is 5. The van der Waals surface area contributed by atoms with Gasteiger partial charge in [0.15, 0.2) is 0 Å². The Kier molecular flexibility index (Phi) is 7.05. The van der Waals surface area contributed by atoms with Crippen LogP contribution in [0.15, 0.2) is 18.2 Å². The monoisotopic (exact) mass is 291 g/mol. The van der Waals surface area contributed by atoms with Gasteiger partial charge in [-0.2, -0.15) is 5.26 Å². The van der Waals surface area contributed by atoms with E-state index in [9.17, 15) is 4.79 Å². The van der Waals surface area contributed by atoms with E-state index in [0.717, 1.165) is 0 Å². The Labute approximate surface area is 125 Å². The lowest BCUT2D eigenvalue weighted by molar-refractivity contribution is 0.0700. The summed E-state index contributed by atoms with van der Waals surface area (Å²) in [5.74, 6) is 0.395. The number of anilines is 1. The van der Waals surface area contributed by atoms with Gasteiger partial charge < -0.3 is 20.1 Å². The third-order valence-electron chi connectivity index (χ3n) is 2.90. The molecule has 0 bridgehead atoms. The molecule has 0 saturated carbocycles. The largest absolute Gasteiger partial charge is 0.492 e. The predicted octanol–water partition coefficient (Wildman–Crippen LogP) is 1.67. The van der Waals surface area contributed by atoms with E-state index in [2.05, 4.69) is 0 Å². The van der Waals surface area contributed by atoms with Crippen LogP contribution < -0.4 is 10.5 Å². The molecular weight excluding hydrogens is 270 g/mol. The summed E-state index contributed by atoms with van der Waals surface area (Å²) in [5, 5.41) is 8.68. The number of nitriles is 1. The Morgan fingerprint density at radius 3 is 2.76 bits per heavy atom. The molecule has 0 aliphatic heterocycles.